The highest BCUT2D eigenvalue weighted by atomic mass is 32.2. The summed E-state index contributed by atoms with van der Waals surface area (Å²) in [5.74, 6) is 1.98. The summed E-state index contributed by atoms with van der Waals surface area (Å²) < 4.78 is 0. The molecule has 2 saturated heterocycles. The van der Waals surface area contributed by atoms with Crippen molar-refractivity contribution in [2.75, 3.05) is 43.9 Å². The summed E-state index contributed by atoms with van der Waals surface area (Å²) in [6, 6.07) is -0.391. The van der Waals surface area contributed by atoms with E-state index in [1.807, 2.05) is 0 Å². The zero-order chi connectivity index (χ0) is 14.0. The van der Waals surface area contributed by atoms with E-state index in [1.165, 1.54) is 16.7 Å². The molecule has 2 heterocycles. The molecule has 0 spiro atoms. The second-order valence-electron chi connectivity index (χ2n) is 4.68. The van der Waals surface area contributed by atoms with E-state index >= 15 is 0 Å². The largest absolute Gasteiger partial charge is 0.347 e. The van der Waals surface area contributed by atoms with Gasteiger partial charge in [-0.1, -0.05) is 0 Å². The van der Waals surface area contributed by atoms with Crippen molar-refractivity contribution in [3.05, 3.63) is 0 Å². The van der Waals surface area contributed by atoms with Crippen LogP contribution in [0.5, 0.6) is 0 Å². The van der Waals surface area contributed by atoms with Crippen LogP contribution >= 0.6 is 23.5 Å². The molecule has 0 aromatic heterocycles. The van der Waals surface area contributed by atoms with E-state index in [9.17, 15) is 14.4 Å². The lowest BCUT2D eigenvalue weighted by atomic mass is 10.2. The predicted molar refractivity (Wildman–Crippen MR) is 75.7 cm³/mol. The van der Waals surface area contributed by atoms with Gasteiger partial charge in [0.1, 0.15) is 12.6 Å². The van der Waals surface area contributed by atoms with Crippen molar-refractivity contribution < 1.29 is 14.4 Å². The van der Waals surface area contributed by atoms with Crippen LogP contribution in [0.4, 0.5) is 0 Å². The maximum atomic E-state index is 12.2. The van der Waals surface area contributed by atoms with Gasteiger partial charge in [0, 0.05) is 19.8 Å². The van der Waals surface area contributed by atoms with Crippen LogP contribution < -0.4 is 0 Å². The first-order chi connectivity index (χ1) is 9.00. The fourth-order valence-corrected chi connectivity index (χ4v) is 4.06. The molecule has 0 saturated carbocycles. The molecule has 0 aliphatic carbocycles. The number of hydrogen-bond acceptors (Lipinski definition) is 5. The number of thioether (sulfide) groups is 2. The number of carbonyl (C=O) groups is 3. The Morgan fingerprint density at radius 3 is 2.63 bits per heavy atom. The minimum Gasteiger partial charge on any atom is -0.347 e. The third-order valence-electron chi connectivity index (χ3n) is 3.08. The maximum Gasteiger partial charge on any atom is 0.245 e. The average Bonchev–Trinajstić information content (AvgIpc) is 2.98. The summed E-state index contributed by atoms with van der Waals surface area (Å²) >= 11 is 3.08. The molecule has 1 unspecified atom stereocenters. The number of hydrogen-bond donors (Lipinski definition) is 0. The van der Waals surface area contributed by atoms with E-state index < -0.39 is 6.04 Å². The smallest absolute Gasteiger partial charge is 0.245 e. The van der Waals surface area contributed by atoms with Crippen LogP contribution in [-0.4, -0.2) is 82.4 Å². The molecule has 2 rings (SSSR count). The first-order valence-corrected chi connectivity index (χ1v) is 8.25. The Morgan fingerprint density at radius 2 is 2.05 bits per heavy atom. The molecule has 106 valence electrons. The third kappa shape index (κ3) is 3.17. The van der Waals surface area contributed by atoms with Crippen LogP contribution in [0.25, 0.3) is 0 Å². The van der Waals surface area contributed by atoms with Crippen molar-refractivity contribution >= 4 is 41.2 Å². The SMILES string of the molecule is CN(C)C(=O)C1CSCN1C(=O)CN1CSCC1=O. The van der Waals surface area contributed by atoms with Crippen molar-refractivity contribution in [3.8, 4) is 0 Å². The Bertz CT molecular complexity index is 403. The van der Waals surface area contributed by atoms with E-state index in [-0.39, 0.29) is 24.3 Å². The molecule has 1 atom stereocenters. The lowest BCUT2D eigenvalue weighted by Crippen LogP contribution is -2.49. The average molecular weight is 303 g/mol. The molecule has 2 aliphatic rings. The highest BCUT2D eigenvalue weighted by Crippen LogP contribution is 2.23. The molecule has 0 aromatic carbocycles. The molecular weight excluding hydrogens is 286 g/mol. The predicted octanol–water partition coefficient (Wildman–Crippen LogP) is -0.491. The normalized spacial score (nSPS) is 23.1. The molecule has 8 heteroatoms. The van der Waals surface area contributed by atoms with Crippen molar-refractivity contribution in [2.45, 2.75) is 6.04 Å². The van der Waals surface area contributed by atoms with Gasteiger partial charge in [0.05, 0.1) is 17.5 Å². The van der Waals surface area contributed by atoms with Crippen LogP contribution in [0.1, 0.15) is 0 Å². The molecule has 2 fully saturated rings. The van der Waals surface area contributed by atoms with Gasteiger partial charge in [0.25, 0.3) is 0 Å². The molecule has 6 nitrogen and oxygen atoms in total. The summed E-state index contributed by atoms with van der Waals surface area (Å²) in [4.78, 5) is 40.4. The lowest BCUT2D eigenvalue weighted by Gasteiger charge is -2.27. The number of nitrogens with zero attached hydrogens (tertiary/aromatic N) is 3. The zero-order valence-corrected chi connectivity index (χ0v) is 12.6. The van der Waals surface area contributed by atoms with Gasteiger partial charge in [-0.15, -0.1) is 23.5 Å². The van der Waals surface area contributed by atoms with E-state index in [2.05, 4.69) is 0 Å². The number of likely N-dealkylation sites (N-methyl/N-ethyl adjacent to an activating group) is 1. The molecule has 2 aliphatic heterocycles. The van der Waals surface area contributed by atoms with Crippen LogP contribution in [0.2, 0.25) is 0 Å². The Hall–Kier alpha value is -0.890. The summed E-state index contributed by atoms with van der Waals surface area (Å²) in [6.07, 6.45) is 0. The molecule has 0 N–H and O–H groups in total. The van der Waals surface area contributed by atoms with Gasteiger partial charge in [-0.3, -0.25) is 14.4 Å². The topological polar surface area (TPSA) is 60.9 Å². The summed E-state index contributed by atoms with van der Waals surface area (Å²) in [5, 5.41) is 0. The first kappa shape index (κ1) is 14.5. The Labute approximate surface area is 120 Å². The highest BCUT2D eigenvalue weighted by Gasteiger charge is 2.36. The Kier molecular flexibility index (Phi) is 4.62. The summed E-state index contributed by atoms with van der Waals surface area (Å²) in [7, 11) is 3.38. The van der Waals surface area contributed by atoms with Crippen molar-refractivity contribution in [2.24, 2.45) is 0 Å². The van der Waals surface area contributed by atoms with E-state index in [0.717, 1.165) is 0 Å². The quantitative estimate of drug-likeness (QED) is 0.704. The third-order valence-corrected chi connectivity index (χ3v) is 5.04. The van der Waals surface area contributed by atoms with Gasteiger partial charge in [-0.25, -0.2) is 0 Å². The van der Waals surface area contributed by atoms with Crippen LogP contribution in [0, 0.1) is 0 Å². The molecular formula is C11H17N3O3S2. The Morgan fingerprint density at radius 1 is 1.32 bits per heavy atom. The zero-order valence-electron chi connectivity index (χ0n) is 11.0. The summed E-state index contributed by atoms with van der Waals surface area (Å²) in [6.45, 7) is 0.0869. The second kappa shape index (κ2) is 6.04. The van der Waals surface area contributed by atoms with Crippen molar-refractivity contribution in [1.82, 2.24) is 14.7 Å². The van der Waals surface area contributed by atoms with Gasteiger partial charge in [-0.05, 0) is 0 Å². The number of carbonyl (C=O) groups excluding carboxylic acids is 3. The molecule has 0 radical (unpaired) electrons. The van der Waals surface area contributed by atoms with E-state index in [1.54, 1.807) is 35.7 Å². The van der Waals surface area contributed by atoms with Crippen LogP contribution in [-0.2, 0) is 14.4 Å². The van der Waals surface area contributed by atoms with E-state index in [4.69, 9.17) is 0 Å². The first-order valence-electron chi connectivity index (χ1n) is 5.94. The fraction of sp³-hybridized carbons (Fsp3) is 0.727. The Balaban J connectivity index is 1.97. The van der Waals surface area contributed by atoms with Crippen LogP contribution in [0.15, 0.2) is 0 Å². The van der Waals surface area contributed by atoms with Gasteiger partial charge in [-0.2, -0.15) is 0 Å². The molecule has 0 aromatic rings. The minimum absolute atomic E-state index is 0.000635. The van der Waals surface area contributed by atoms with Gasteiger partial charge in [0.15, 0.2) is 0 Å². The summed E-state index contributed by atoms with van der Waals surface area (Å²) in [5.41, 5.74) is 0. The van der Waals surface area contributed by atoms with Gasteiger partial charge in [0.2, 0.25) is 17.7 Å². The standard InChI is InChI=1S/C11H17N3O3S2/c1-12(2)11(17)8-4-18-7-14(8)9(15)3-13-6-19-5-10(13)16/h8H,3-7H2,1-2H3. The fourth-order valence-electron chi connectivity index (χ4n) is 1.99. The van der Waals surface area contributed by atoms with Crippen molar-refractivity contribution in [3.63, 3.8) is 0 Å². The number of rotatable bonds is 3. The molecule has 3 amide bonds. The lowest BCUT2D eigenvalue weighted by molar-refractivity contribution is -0.144. The minimum atomic E-state index is -0.391. The highest BCUT2D eigenvalue weighted by molar-refractivity contribution is 8.00. The van der Waals surface area contributed by atoms with Gasteiger partial charge >= 0.3 is 0 Å². The van der Waals surface area contributed by atoms with Crippen LogP contribution in [0.3, 0.4) is 0 Å². The number of amides is 3. The van der Waals surface area contributed by atoms with E-state index in [0.29, 0.717) is 23.3 Å². The van der Waals surface area contributed by atoms with Gasteiger partial charge < -0.3 is 14.7 Å². The van der Waals surface area contributed by atoms with Crippen molar-refractivity contribution in [1.29, 1.82) is 0 Å². The molecule has 0 bridgehead atoms. The second-order valence-corrected chi connectivity index (χ2v) is 6.64. The monoisotopic (exact) mass is 303 g/mol. The molecule has 19 heavy (non-hydrogen) atoms. The maximum absolute atomic E-state index is 12.2.